The van der Waals surface area contributed by atoms with Crippen molar-refractivity contribution in [3.63, 3.8) is 0 Å². The Kier molecular flexibility index (Phi) is 49.8. The minimum atomic E-state index is -0.771. The molecule has 0 saturated heterocycles. The van der Waals surface area contributed by atoms with Gasteiger partial charge in [0.05, 0.1) is 0 Å². The van der Waals surface area contributed by atoms with E-state index in [0.29, 0.717) is 19.3 Å². The Morgan fingerprint density at radius 2 is 0.532 bits per heavy atom. The molecule has 1 atom stereocenters. The van der Waals surface area contributed by atoms with Gasteiger partial charge in [-0.25, -0.2) is 0 Å². The fourth-order valence-corrected chi connectivity index (χ4v) is 8.02. The molecule has 0 aromatic carbocycles. The summed E-state index contributed by atoms with van der Waals surface area (Å²) in [4.78, 5) is 38.0. The summed E-state index contributed by atoms with van der Waals surface area (Å²) in [5, 5.41) is 0. The normalized spacial score (nSPS) is 12.1. The number of hydrogen-bond donors (Lipinski definition) is 0. The molecule has 62 heavy (non-hydrogen) atoms. The number of esters is 3. The predicted octanol–water partition coefficient (Wildman–Crippen LogP) is 17.9. The summed E-state index contributed by atoms with van der Waals surface area (Å²) in [6.07, 6.45) is 58.7. The zero-order valence-corrected chi connectivity index (χ0v) is 41.7. The minimum absolute atomic E-state index is 0.0722. The predicted molar refractivity (Wildman–Crippen MR) is 266 cm³/mol. The van der Waals surface area contributed by atoms with Crippen LogP contribution in [0.4, 0.5) is 0 Å². The zero-order chi connectivity index (χ0) is 45.1. The first-order chi connectivity index (χ1) is 30.5. The summed E-state index contributed by atoms with van der Waals surface area (Å²) < 4.78 is 16.8. The molecule has 0 aliphatic carbocycles. The van der Waals surface area contributed by atoms with Crippen molar-refractivity contribution in [2.75, 3.05) is 13.2 Å². The van der Waals surface area contributed by atoms with Crippen LogP contribution in [0.2, 0.25) is 0 Å². The number of hydrogen-bond acceptors (Lipinski definition) is 6. The second-order valence-electron chi connectivity index (χ2n) is 18.5. The molecular weight excluding hydrogens is 769 g/mol. The van der Waals surface area contributed by atoms with E-state index < -0.39 is 6.10 Å². The SMILES string of the molecule is CCCCCC/C=C/CCCCCCCC(=O)OC[C@H](COC(=O)CCCCCCCCC/C=C/CCCCCCCC)OC(=O)CCCCCCCCCCCCCCCC. The lowest BCUT2D eigenvalue weighted by atomic mass is 10.0. The minimum Gasteiger partial charge on any atom is -0.462 e. The van der Waals surface area contributed by atoms with Crippen LogP contribution in [0.3, 0.4) is 0 Å². The van der Waals surface area contributed by atoms with E-state index in [1.54, 1.807) is 0 Å². The quantitative estimate of drug-likeness (QED) is 0.0262. The van der Waals surface area contributed by atoms with Crippen molar-refractivity contribution in [1.82, 2.24) is 0 Å². The third-order valence-corrected chi connectivity index (χ3v) is 12.2. The van der Waals surface area contributed by atoms with Crippen LogP contribution in [-0.4, -0.2) is 37.2 Å². The first-order valence-corrected chi connectivity index (χ1v) is 27.3. The monoisotopic (exact) mass is 873 g/mol. The molecule has 0 fully saturated rings. The average Bonchev–Trinajstić information content (AvgIpc) is 3.27. The summed E-state index contributed by atoms with van der Waals surface area (Å²) in [7, 11) is 0. The maximum absolute atomic E-state index is 12.8. The molecule has 0 radical (unpaired) electrons. The number of ether oxygens (including phenoxy) is 3. The van der Waals surface area contributed by atoms with E-state index in [1.165, 1.54) is 193 Å². The van der Waals surface area contributed by atoms with Gasteiger partial charge in [0.15, 0.2) is 6.10 Å². The first kappa shape index (κ1) is 59.9. The maximum Gasteiger partial charge on any atom is 0.306 e. The lowest BCUT2D eigenvalue weighted by Crippen LogP contribution is -2.30. The number of rotatable bonds is 50. The molecule has 0 bridgehead atoms. The van der Waals surface area contributed by atoms with Gasteiger partial charge in [0.25, 0.3) is 0 Å². The molecular formula is C56H104O6. The van der Waals surface area contributed by atoms with Crippen molar-refractivity contribution in [3.8, 4) is 0 Å². The van der Waals surface area contributed by atoms with E-state index in [2.05, 4.69) is 45.1 Å². The number of carbonyl (C=O) groups excluding carboxylic acids is 3. The smallest absolute Gasteiger partial charge is 0.306 e. The second-order valence-corrected chi connectivity index (χ2v) is 18.5. The van der Waals surface area contributed by atoms with E-state index >= 15 is 0 Å². The molecule has 0 N–H and O–H groups in total. The molecule has 0 heterocycles. The van der Waals surface area contributed by atoms with Gasteiger partial charge in [0.2, 0.25) is 0 Å². The van der Waals surface area contributed by atoms with E-state index in [1.807, 2.05) is 0 Å². The van der Waals surface area contributed by atoms with Gasteiger partial charge >= 0.3 is 17.9 Å². The lowest BCUT2D eigenvalue weighted by molar-refractivity contribution is -0.167. The largest absolute Gasteiger partial charge is 0.462 e. The Labute approximate surface area is 385 Å². The van der Waals surface area contributed by atoms with Crippen LogP contribution in [0.5, 0.6) is 0 Å². The van der Waals surface area contributed by atoms with E-state index in [4.69, 9.17) is 14.2 Å². The summed E-state index contributed by atoms with van der Waals surface area (Å²) in [5.41, 5.74) is 0. The van der Waals surface area contributed by atoms with Crippen LogP contribution in [0.1, 0.15) is 297 Å². The molecule has 0 aromatic heterocycles. The molecule has 0 amide bonds. The Hall–Kier alpha value is -2.11. The van der Waals surface area contributed by atoms with Gasteiger partial charge in [0.1, 0.15) is 13.2 Å². The summed E-state index contributed by atoms with van der Waals surface area (Å²) >= 11 is 0. The molecule has 0 aliphatic heterocycles. The molecule has 0 aliphatic rings. The van der Waals surface area contributed by atoms with Crippen LogP contribution in [-0.2, 0) is 28.6 Å². The number of allylic oxidation sites excluding steroid dienone is 4. The van der Waals surface area contributed by atoms with Crippen molar-refractivity contribution in [3.05, 3.63) is 24.3 Å². The fraction of sp³-hybridized carbons (Fsp3) is 0.875. The van der Waals surface area contributed by atoms with Crippen molar-refractivity contribution in [1.29, 1.82) is 0 Å². The highest BCUT2D eigenvalue weighted by molar-refractivity contribution is 5.71. The van der Waals surface area contributed by atoms with Gasteiger partial charge in [-0.15, -0.1) is 0 Å². The third-order valence-electron chi connectivity index (χ3n) is 12.2. The van der Waals surface area contributed by atoms with Crippen molar-refractivity contribution >= 4 is 17.9 Å². The van der Waals surface area contributed by atoms with Crippen molar-refractivity contribution in [2.24, 2.45) is 0 Å². The van der Waals surface area contributed by atoms with Gasteiger partial charge in [-0.3, -0.25) is 14.4 Å². The van der Waals surface area contributed by atoms with E-state index in [-0.39, 0.29) is 31.1 Å². The topological polar surface area (TPSA) is 78.9 Å². The number of carbonyl (C=O) groups is 3. The van der Waals surface area contributed by atoms with Crippen molar-refractivity contribution in [2.45, 2.75) is 303 Å². The summed E-state index contributed by atoms with van der Waals surface area (Å²) in [5.74, 6) is -0.869. The summed E-state index contributed by atoms with van der Waals surface area (Å²) in [6.45, 7) is 6.64. The Bertz CT molecular complexity index is 1000. The number of unbranched alkanes of at least 4 members (excludes halogenated alkanes) is 35. The van der Waals surface area contributed by atoms with Gasteiger partial charge in [-0.2, -0.15) is 0 Å². The van der Waals surface area contributed by atoms with E-state index in [0.717, 1.165) is 64.2 Å². The lowest BCUT2D eigenvalue weighted by Gasteiger charge is -2.18. The Morgan fingerprint density at radius 3 is 0.823 bits per heavy atom. The molecule has 6 heteroatoms. The van der Waals surface area contributed by atoms with Crippen LogP contribution >= 0.6 is 0 Å². The highest BCUT2D eigenvalue weighted by atomic mass is 16.6. The molecule has 0 spiro atoms. The molecule has 0 rings (SSSR count). The second kappa shape index (κ2) is 51.5. The van der Waals surface area contributed by atoms with Gasteiger partial charge in [-0.05, 0) is 70.6 Å². The first-order valence-electron chi connectivity index (χ1n) is 27.3. The Morgan fingerprint density at radius 1 is 0.306 bits per heavy atom. The van der Waals surface area contributed by atoms with Gasteiger partial charge in [0, 0.05) is 19.3 Å². The van der Waals surface area contributed by atoms with E-state index in [9.17, 15) is 14.4 Å². The van der Waals surface area contributed by atoms with Gasteiger partial charge < -0.3 is 14.2 Å². The highest BCUT2D eigenvalue weighted by Gasteiger charge is 2.19. The Balaban J connectivity index is 4.34. The van der Waals surface area contributed by atoms with Gasteiger partial charge in [-0.1, -0.05) is 231 Å². The van der Waals surface area contributed by atoms with Crippen LogP contribution in [0, 0.1) is 0 Å². The van der Waals surface area contributed by atoms with Crippen LogP contribution in [0.15, 0.2) is 24.3 Å². The zero-order valence-electron chi connectivity index (χ0n) is 41.7. The van der Waals surface area contributed by atoms with Crippen LogP contribution < -0.4 is 0 Å². The maximum atomic E-state index is 12.8. The molecule has 0 unspecified atom stereocenters. The van der Waals surface area contributed by atoms with Crippen LogP contribution in [0.25, 0.3) is 0 Å². The molecule has 0 saturated carbocycles. The molecule has 6 nitrogen and oxygen atoms in total. The third kappa shape index (κ3) is 48.9. The van der Waals surface area contributed by atoms with Crippen molar-refractivity contribution < 1.29 is 28.6 Å². The molecule has 0 aromatic rings. The fourth-order valence-electron chi connectivity index (χ4n) is 8.02. The standard InChI is InChI=1S/C56H104O6/c1-4-7-10-13-16-19-22-25-27-28-29-32-34-37-40-43-46-49-55(58)61-52-53(51-60-54(57)48-45-42-39-36-33-30-24-21-18-15-12-9-6-3)62-56(59)50-47-44-41-38-35-31-26-23-20-17-14-11-8-5-2/h21,24-25,27,53H,4-20,22-23,26,28-52H2,1-3H3/b24-21+,27-25+/t53-/m1/s1. The average molecular weight is 873 g/mol. The highest BCUT2D eigenvalue weighted by Crippen LogP contribution is 2.16. The summed E-state index contributed by atoms with van der Waals surface area (Å²) in [6, 6.07) is 0. The molecule has 364 valence electrons.